The van der Waals surface area contributed by atoms with E-state index in [0.29, 0.717) is 0 Å². The SMILES string of the molecule is CSc1ccc(C)c(C2(N)CCC2)c1. The van der Waals surface area contributed by atoms with Crippen LogP contribution in [0.5, 0.6) is 0 Å². The minimum atomic E-state index is -0.0180. The van der Waals surface area contributed by atoms with Crippen LogP contribution in [-0.4, -0.2) is 6.26 Å². The van der Waals surface area contributed by atoms with Crippen LogP contribution in [-0.2, 0) is 5.54 Å². The molecule has 76 valence electrons. The Bertz CT molecular complexity index is 342. The molecule has 0 spiro atoms. The maximum atomic E-state index is 6.34. The lowest BCUT2D eigenvalue weighted by Gasteiger charge is -2.39. The van der Waals surface area contributed by atoms with Crippen molar-refractivity contribution < 1.29 is 0 Å². The van der Waals surface area contributed by atoms with Gasteiger partial charge in [0.05, 0.1) is 0 Å². The molecule has 14 heavy (non-hydrogen) atoms. The van der Waals surface area contributed by atoms with Crippen molar-refractivity contribution in [2.24, 2.45) is 5.73 Å². The van der Waals surface area contributed by atoms with Crippen LogP contribution in [0.3, 0.4) is 0 Å². The molecule has 1 saturated carbocycles. The summed E-state index contributed by atoms with van der Waals surface area (Å²) in [6, 6.07) is 6.62. The van der Waals surface area contributed by atoms with E-state index in [2.05, 4.69) is 31.4 Å². The monoisotopic (exact) mass is 207 g/mol. The Morgan fingerprint density at radius 1 is 1.36 bits per heavy atom. The predicted molar refractivity (Wildman–Crippen MR) is 62.7 cm³/mol. The molecule has 0 atom stereocenters. The number of nitrogens with two attached hydrogens (primary N) is 1. The summed E-state index contributed by atoms with van der Waals surface area (Å²) < 4.78 is 0. The summed E-state index contributed by atoms with van der Waals surface area (Å²) in [7, 11) is 0. The minimum absolute atomic E-state index is 0.0180. The van der Waals surface area contributed by atoms with Crippen molar-refractivity contribution in [2.75, 3.05) is 6.26 Å². The van der Waals surface area contributed by atoms with Crippen LogP contribution in [0.2, 0.25) is 0 Å². The lowest BCUT2D eigenvalue weighted by molar-refractivity contribution is 0.252. The zero-order chi connectivity index (χ0) is 10.2. The Labute approximate surface area is 90.1 Å². The molecule has 0 aliphatic heterocycles. The summed E-state index contributed by atoms with van der Waals surface area (Å²) in [5.74, 6) is 0. The summed E-state index contributed by atoms with van der Waals surface area (Å²) >= 11 is 1.79. The highest BCUT2D eigenvalue weighted by molar-refractivity contribution is 7.98. The second-order valence-corrected chi connectivity index (χ2v) is 5.07. The molecular weight excluding hydrogens is 190 g/mol. The van der Waals surface area contributed by atoms with Crippen LogP contribution < -0.4 is 5.73 Å². The van der Waals surface area contributed by atoms with Crippen molar-refractivity contribution in [3.8, 4) is 0 Å². The first-order chi connectivity index (χ1) is 6.65. The maximum absolute atomic E-state index is 6.34. The number of rotatable bonds is 2. The van der Waals surface area contributed by atoms with Gasteiger partial charge in [-0.05, 0) is 55.7 Å². The van der Waals surface area contributed by atoms with Crippen molar-refractivity contribution in [1.29, 1.82) is 0 Å². The van der Waals surface area contributed by atoms with E-state index < -0.39 is 0 Å². The van der Waals surface area contributed by atoms with E-state index in [1.54, 1.807) is 11.8 Å². The fourth-order valence-electron chi connectivity index (χ4n) is 2.09. The molecule has 1 aliphatic rings. The van der Waals surface area contributed by atoms with Crippen LogP contribution in [0.4, 0.5) is 0 Å². The second-order valence-electron chi connectivity index (χ2n) is 4.19. The fraction of sp³-hybridized carbons (Fsp3) is 0.500. The highest BCUT2D eigenvalue weighted by Crippen LogP contribution is 2.41. The van der Waals surface area contributed by atoms with Crippen LogP contribution in [0.15, 0.2) is 23.1 Å². The van der Waals surface area contributed by atoms with Gasteiger partial charge in [0.15, 0.2) is 0 Å². The largest absolute Gasteiger partial charge is 0.321 e. The number of benzene rings is 1. The topological polar surface area (TPSA) is 26.0 Å². The van der Waals surface area contributed by atoms with Crippen LogP contribution in [0, 0.1) is 6.92 Å². The number of hydrogen-bond acceptors (Lipinski definition) is 2. The van der Waals surface area contributed by atoms with Gasteiger partial charge in [0.2, 0.25) is 0 Å². The molecule has 1 aromatic carbocycles. The molecule has 2 heteroatoms. The molecule has 0 aromatic heterocycles. The number of aryl methyl sites for hydroxylation is 1. The van der Waals surface area contributed by atoms with Gasteiger partial charge < -0.3 is 5.73 Å². The fourth-order valence-corrected chi connectivity index (χ4v) is 2.53. The van der Waals surface area contributed by atoms with Crippen molar-refractivity contribution in [1.82, 2.24) is 0 Å². The van der Waals surface area contributed by atoms with Crippen molar-refractivity contribution in [2.45, 2.75) is 36.6 Å². The Balaban J connectivity index is 2.40. The first kappa shape index (κ1) is 10.1. The third-order valence-electron chi connectivity index (χ3n) is 3.23. The third kappa shape index (κ3) is 1.57. The zero-order valence-electron chi connectivity index (χ0n) is 8.84. The molecule has 1 aliphatic carbocycles. The van der Waals surface area contributed by atoms with E-state index in [1.165, 1.54) is 22.4 Å². The lowest BCUT2D eigenvalue weighted by atomic mass is 9.71. The molecule has 1 aromatic rings. The molecule has 0 saturated heterocycles. The van der Waals surface area contributed by atoms with E-state index >= 15 is 0 Å². The van der Waals surface area contributed by atoms with Gasteiger partial charge in [-0.15, -0.1) is 11.8 Å². The summed E-state index contributed by atoms with van der Waals surface area (Å²) in [6.07, 6.45) is 5.68. The van der Waals surface area contributed by atoms with Gasteiger partial charge in [0, 0.05) is 10.4 Å². The Kier molecular flexibility index (Phi) is 2.58. The summed E-state index contributed by atoms with van der Waals surface area (Å²) in [4.78, 5) is 1.32. The van der Waals surface area contributed by atoms with Crippen molar-refractivity contribution in [3.63, 3.8) is 0 Å². The normalized spacial score (nSPS) is 19.1. The van der Waals surface area contributed by atoms with Crippen molar-refractivity contribution in [3.05, 3.63) is 29.3 Å². The summed E-state index contributed by atoms with van der Waals surface area (Å²) in [5, 5.41) is 0. The van der Waals surface area contributed by atoms with E-state index in [4.69, 9.17) is 5.73 Å². The standard InChI is InChI=1S/C12H17NS/c1-9-4-5-10(14-2)8-11(9)12(13)6-3-7-12/h4-5,8H,3,6-7,13H2,1-2H3. The Morgan fingerprint density at radius 3 is 2.57 bits per heavy atom. The van der Waals surface area contributed by atoms with Gasteiger partial charge in [0.1, 0.15) is 0 Å². The molecule has 0 heterocycles. The molecule has 0 unspecified atom stereocenters. The molecule has 0 amide bonds. The van der Waals surface area contributed by atoms with E-state index in [1.807, 2.05) is 0 Å². The highest BCUT2D eigenvalue weighted by atomic mass is 32.2. The quantitative estimate of drug-likeness (QED) is 0.754. The zero-order valence-corrected chi connectivity index (χ0v) is 9.66. The average molecular weight is 207 g/mol. The molecule has 2 rings (SSSR count). The molecule has 1 nitrogen and oxygen atoms in total. The van der Waals surface area contributed by atoms with E-state index in [9.17, 15) is 0 Å². The van der Waals surface area contributed by atoms with Gasteiger partial charge in [-0.3, -0.25) is 0 Å². The minimum Gasteiger partial charge on any atom is -0.321 e. The molecule has 2 N–H and O–H groups in total. The van der Waals surface area contributed by atoms with Crippen molar-refractivity contribution >= 4 is 11.8 Å². The first-order valence-corrected chi connectivity index (χ1v) is 6.32. The lowest BCUT2D eigenvalue weighted by Crippen LogP contribution is -2.43. The summed E-state index contributed by atoms with van der Waals surface area (Å²) in [6.45, 7) is 2.16. The number of hydrogen-bond donors (Lipinski definition) is 1. The predicted octanol–water partition coefficient (Wildman–Crippen LogP) is 3.05. The Hall–Kier alpha value is -0.470. The summed E-state index contributed by atoms with van der Waals surface area (Å²) in [5.41, 5.74) is 9.02. The molecule has 0 bridgehead atoms. The molecule has 1 fully saturated rings. The third-order valence-corrected chi connectivity index (χ3v) is 3.95. The smallest absolute Gasteiger partial charge is 0.0412 e. The van der Waals surface area contributed by atoms with E-state index in [-0.39, 0.29) is 5.54 Å². The van der Waals surface area contributed by atoms with E-state index in [0.717, 1.165) is 12.8 Å². The Morgan fingerprint density at radius 2 is 2.07 bits per heavy atom. The van der Waals surface area contributed by atoms with Gasteiger partial charge in [-0.1, -0.05) is 6.07 Å². The highest BCUT2D eigenvalue weighted by Gasteiger charge is 2.35. The van der Waals surface area contributed by atoms with Gasteiger partial charge in [-0.2, -0.15) is 0 Å². The van der Waals surface area contributed by atoms with Gasteiger partial charge >= 0.3 is 0 Å². The maximum Gasteiger partial charge on any atom is 0.0412 e. The molecular formula is C12H17NS. The van der Waals surface area contributed by atoms with Gasteiger partial charge in [-0.25, -0.2) is 0 Å². The van der Waals surface area contributed by atoms with Gasteiger partial charge in [0.25, 0.3) is 0 Å². The first-order valence-electron chi connectivity index (χ1n) is 5.10. The van der Waals surface area contributed by atoms with Crippen LogP contribution in [0.1, 0.15) is 30.4 Å². The number of thioether (sulfide) groups is 1. The molecule has 0 radical (unpaired) electrons. The van der Waals surface area contributed by atoms with Crippen LogP contribution in [0.25, 0.3) is 0 Å². The van der Waals surface area contributed by atoms with Crippen LogP contribution >= 0.6 is 11.8 Å². The average Bonchev–Trinajstić information content (AvgIpc) is 2.15. The second kappa shape index (κ2) is 3.59.